The standard InChI is InChI=1S/C17H25ClN4O2/c1-17(2,3)24-16(23)22-9-6-12-10-21(8-7-14(12)22)11-13-4-5-15(18)20-19-13/h4-5,12,14H,6-11H2,1-3H3/t12-,14+/m1/s1. The van der Waals surface area contributed by atoms with Crippen molar-refractivity contribution < 1.29 is 9.53 Å². The van der Waals surface area contributed by atoms with Gasteiger partial charge < -0.3 is 9.64 Å². The number of fused-ring (bicyclic) bond motifs is 1. The highest BCUT2D eigenvalue weighted by molar-refractivity contribution is 6.29. The van der Waals surface area contributed by atoms with Crippen molar-refractivity contribution in [3.8, 4) is 0 Å². The Hall–Kier alpha value is -1.40. The molecule has 0 spiro atoms. The van der Waals surface area contributed by atoms with Gasteiger partial charge in [0.1, 0.15) is 5.60 Å². The SMILES string of the molecule is CC(C)(C)OC(=O)N1CC[C@@H]2CN(Cc3ccc(Cl)nn3)CC[C@@H]21. The maximum Gasteiger partial charge on any atom is 0.410 e. The minimum Gasteiger partial charge on any atom is -0.444 e. The second-order valence-electron chi connectivity index (χ2n) is 7.66. The summed E-state index contributed by atoms with van der Waals surface area (Å²) in [6.07, 6.45) is 1.84. The zero-order valence-corrected chi connectivity index (χ0v) is 15.3. The number of aromatic nitrogens is 2. The van der Waals surface area contributed by atoms with Crippen molar-refractivity contribution in [1.82, 2.24) is 20.0 Å². The van der Waals surface area contributed by atoms with Crippen LogP contribution in [0, 0.1) is 5.92 Å². The zero-order chi connectivity index (χ0) is 17.3. The first-order chi connectivity index (χ1) is 11.3. The third kappa shape index (κ3) is 4.16. The lowest BCUT2D eigenvalue weighted by Gasteiger charge is -2.38. The number of amides is 1. The molecule has 0 aliphatic carbocycles. The number of carbonyl (C=O) groups excluding carboxylic acids is 1. The lowest BCUT2D eigenvalue weighted by atomic mass is 9.93. The molecular formula is C17H25ClN4O2. The Labute approximate surface area is 148 Å². The van der Waals surface area contributed by atoms with Crippen molar-refractivity contribution >= 4 is 17.7 Å². The van der Waals surface area contributed by atoms with Crippen molar-refractivity contribution in [1.29, 1.82) is 0 Å². The highest BCUT2D eigenvalue weighted by atomic mass is 35.5. The fourth-order valence-corrected chi connectivity index (χ4v) is 3.71. The quantitative estimate of drug-likeness (QED) is 0.819. The fourth-order valence-electron chi connectivity index (χ4n) is 3.61. The Kier molecular flexibility index (Phi) is 4.97. The maximum absolute atomic E-state index is 12.4. The molecule has 0 bridgehead atoms. The van der Waals surface area contributed by atoms with E-state index in [1.165, 1.54) is 0 Å². The number of nitrogens with zero attached hydrogens (tertiary/aromatic N) is 4. The summed E-state index contributed by atoms with van der Waals surface area (Å²) in [6, 6.07) is 3.99. The van der Waals surface area contributed by atoms with Gasteiger partial charge in [0, 0.05) is 32.2 Å². The van der Waals surface area contributed by atoms with Crippen LogP contribution in [0.3, 0.4) is 0 Å². The van der Waals surface area contributed by atoms with Gasteiger partial charge in [-0.3, -0.25) is 4.90 Å². The van der Waals surface area contributed by atoms with Crippen LogP contribution in [0.5, 0.6) is 0 Å². The Bertz CT molecular complexity index is 587. The molecule has 7 heteroatoms. The van der Waals surface area contributed by atoms with Crippen LogP contribution in [0.4, 0.5) is 4.79 Å². The van der Waals surface area contributed by atoms with Gasteiger partial charge in [0.15, 0.2) is 5.15 Å². The van der Waals surface area contributed by atoms with Gasteiger partial charge in [-0.2, -0.15) is 5.10 Å². The number of ether oxygens (including phenoxy) is 1. The van der Waals surface area contributed by atoms with E-state index in [2.05, 4.69) is 15.1 Å². The number of rotatable bonds is 2. The molecule has 1 aromatic rings. The number of carbonyl (C=O) groups is 1. The first-order valence-corrected chi connectivity index (χ1v) is 8.90. The van der Waals surface area contributed by atoms with Crippen molar-refractivity contribution in [2.24, 2.45) is 5.92 Å². The van der Waals surface area contributed by atoms with Gasteiger partial charge in [-0.25, -0.2) is 4.79 Å². The van der Waals surface area contributed by atoms with E-state index in [1.54, 1.807) is 6.07 Å². The van der Waals surface area contributed by atoms with Crippen LogP contribution in [-0.2, 0) is 11.3 Å². The second kappa shape index (κ2) is 6.84. The molecule has 6 nitrogen and oxygen atoms in total. The minimum atomic E-state index is -0.441. The summed E-state index contributed by atoms with van der Waals surface area (Å²) in [5.74, 6) is 0.506. The highest BCUT2D eigenvalue weighted by Gasteiger charge is 2.41. The van der Waals surface area contributed by atoms with Crippen LogP contribution >= 0.6 is 11.6 Å². The summed E-state index contributed by atoms with van der Waals surface area (Å²) in [7, 11) is 0. The molecule has 0 N–H and O–H groups in total. The normalized spacial score (nSPS) is 24.8. The van der Waals surface area contributed by atoms with E-state index in [4.69, 9.17) is 16.3 Å². The van der Waals surface area contributed by atoms with Gasteiger partial charge in [-0.1, -0.05) is 11.6 Å². The zero-order valence-electron chi connectivity index (χ0n) is 14.5. The van der Waals surface area contributed by atoms with Gasteiger partial charge >= 0.3 is 6.09 Å². The molecule has 2 fully saturated rings. The molecule has 2 aliphatic rings. The molecule has 0 saturated carbocycles. The molecule has 1 aromatic heterocycles. The van der Waals surface area contributed by atoms with E-state index in [0.29, 0.717) is 17.1 Å². The Morgan fingerprint density at radius 3 is 2.75 bits per heavy atom. The van der Waals surface area contributed by atoms with E-state index in [0.717, 1.165) is 44.7 Å². The smallest absolute Gasteiger partial charge is 0.410 e. The summed E-state index contributed by atoms with van der Waals surface area (Å²) in [6.45, 7) is 9.23. The first kappa shape index (κ1) is 17.4. The van der Waals surface area contributed by atoms with E-state index in [9.17, 15) is 4.79 Å². The lowest BCUT2D eigenvalue weighted by molar-refractivity contribution is 0.0138. The van der Waals surface area contributed by atoms with Crippen LogP contribution < -0.4 is 0 Å². The molecule has 0 unspecified atom stereocenters. The lowest BCUT2D eigenvalue weighted by Crippen LogP contribution is -2.48. The van der Waals surface area contributed by atoms with Crippen molar-refractivity contribution in [2.45, 2.75) is 51.8 Å². The number of halogens is 1. The second-order valence-corrected chi connectivity index (χ2v) is 8.05. The van der Waals surface area contributed by atoms with Gasteiger partial charge in [0.25, 0.3) is 0 Å². The van der Waals surface area contributed by atoms with Gasteiger partial charge in [0.2, 0.25) is 0 Å². The Morgan fingerprint density at radius 2 is 2.08 bits per heavy atom. The third-order valence-corrected chi connectivity index (χ3v) is 4.82. The maximum atomic E-state index is 12.4. The molecular weight excluding hydrogens is 328 g/mol. The summed E-state index contributed by atoms with van der Waals surface area (Å²) in [4.78, 5) is 16.7. The predicted molar refractivity (Wildman–Crippen MR) is 91.8 cm³/mol. The van der Waals surface area contributed by atoms with Crippen LogP contribution in [0.2, 0.25) is 5.15 Å². The molecule has 132 valence electrons. The molecule has 3 rings (SSSR count). The van der Waals surface area contributed by atoms with Gasteiger partial charge in [0.05, 0.1) is 5.69 Å². The number of piperidine rings is 1. The summed E-state index contributed by atoms with van der Waals surface area (Å²) >= 11 is 5.78. The fraction of sp³-hybridized carbons (Fsp3) is 0.706. The van der Waals surface area contributed by atoms with E-state index in [-0.39, 0.29) is 6.09 Å². The molecule has 2 atom stereocenters. The van der Waals surface area contributed by atoms with Crippen LogP contribution in [0.1, 0.15) is 39.3 Å². The predicted octanol–water partition coefficient (Wildman–Crippen LogP) is 2.96. The number of hydrogen-bond acceptors (Lipinski definition) is 5. The minimum absolute atomic E-state index is 0.174. The molecule has 2 aliphatic heterocycles. The average molecular weight is 353 g/mol. The summed E-state index contributed by atoms with van der Waals surface area (Å²) in [5, 5.41) is 8.45. The van der Waals surface area contributed by atoms with Crippen LogP contribution in [-0.4, -0.2) is 57.4 Å². The first-order valence-electron chi connectivity index (χ1n) is 8.52. The number of hydrogen-bond donors (Lipinski definition) is 0. The van der Waals surface area contributed by atoms with Gasteiger partial charge in [-0.05, 0) is 51.7 Å². The summed E-state index contributed by atoms with van der Waals surface area (Å²) < 4.78 is 5.55. The third-order valence-electron chi connectivity index (χ3n) is 4.62. The van der Waals surface area contributed by atoms with Crippen molar-refractivity contribution in [2.75, 3.05) is 19.6 Å². The molecule has 2 saturated heterocycles. The topological polar surface area (TPSA) is 58.6 Å². The van der Waals surface area contributed by atoms with Crippen molar-refractivity contribution in [3.63, 3.8) is 0 Å². The molecule has 0 aromatic carbocycles. The van der Waals surface area contributed by atoms with Crippen LogP contribution in [0.15, 0.2) is 12.1 Å². The van der Waals surface area contributed by atoms with Gasteiger partial charge in [-0.15, -0.1) is 5.10 Å². The van der Waals surface area contributed by atoms with E-state index in [1.807, 2.05) is 31.7 Å². The van der Waals surface area contributed by atoms with E-state index >= 15 is 0 Å². The Morgan fingerprint density at radius 1 is 1.29 bits per heavy atom. The molecule has 24 heavy (non-hydrogen) atoms. The monoisotopic (exact) mass is 352 g/mol. The molecule has 1 amide bonds. The number of likely N-dealkylation sites (tertiary alicyclic amines) is 2. The van der Waals surface area contributed by atoms with Crippen molar-refractivity contribution in [3.05, 3.63) is 23.0 Å². The summed E-state index contributed by atoms with van der Waals surface area (Å²) in [5.41, 5.74) is 0.489. The van der Waals surface area contributed by atoms with E-state index < -0.39 is 5.60 Å². The Balaban J connectivity index is 1.56. The molecule has 0 radical (unpaired) electrons. The highest BCUT2D eigenvalue weighted by Crippen LogP contribution is 2.33. The molecule has 3 heterocycles. The van der Waals surface area contributed by atoms with Crippen LogP contribution in [0.25, 0.3) is 0 Å². The largest absolute Gasteiger partial charge is 0.444 e. The average Bonchev–Trinajstić information content (AvgIpc) is 2.91.